The lowest BCUT2D eigenvalue weighted by Gasteiger charge is -1.94. The molecule has 2 aromatic heterocycles. The third-order valence-electron chi connectivity index (χ3n) is 2.47. The number of H-pyrrole nitrogens is 1. The minimum Gasteiger partial charge on any atom is -0.353 e. The van der Waals surface area contributed by atoms with E-state index in [1.165, 1.54) is 5.56 Å². The molecule has 2 heterocycles. The number of aromatic amines is 1. The molecular formula is C13H10N2. The predicted octanol–water partition coefficient (Wildman–Crippen LogP) is 3.23. The summed E-state index contributed by atoms with van der Waals surface area (Å²) in [5.41, 5.74) is 4.40. The predicted molar refractivity (Wildman–Crippen MR) is 61.5 cm³/mol. The molecule has 0 radical (unpaired) electrons. The molecule has 0 aliphatic heterocycles. The number of hydrogen-bond acceptors (Lipinski definition) is 1. The highest BCUT2D eigenvalue weighted by Crippen LogP contribution is 2.21. The average molecular weight is 194 g/mol. The lowest BCUT2D eigenvalue weighted by molar-refractivity contribution is 1.40. The van der Waals surface area contributed by atoms with E-state index in [1.54, 1.807) is 0 Å². The van der Waals surface area contributed by atoms with Crippen LogP contribution in [0.4, 0.5) is 0 Å². The summed E-state index contributed by atoms with van der Waals surface area (Å²) in [6, 6.07) is 16.3. The van der Waals surface area contributed by atoms with Crippen molar-refractivity contribution in [3.63, 3.8) is 0 Å². The van der Waals surface area contributed by atoms with Gasteiger partial charge < -0.3 is 4.98 Å². The fourth-order valence-electron chi connectivity index (χ4n) is 1.73. The number of benzene rings is 1. The molecule has 0 unspecified atom stereocenters. The van der Waals surface area contributed by atoms with E-state index in [2.05, 4.69) is 28.2 Å². The molecule has 1 aromatic carbocycles. The van der Waals surface area contributed by atoms with Gasteiger partial charge in [-0.05, 0) is 23.8 Å². The summed E-state index contributed by atoms with van der Waals surface area (Å²) in [5.74, 6) is 0. The van der Waals surface area contributed by atoms with E-state index in [9.17, 15) is 0 Å². The highest BCUT2D eigenvalue weighted by atomic mass is 14.8. The first-order valence-corrected chi connectivity index (χ1v) is 4.93. The number of hydrogen-bond donors (Lipinski definition) is 1. The van der Waals surface area contributed by atoms with Crippen LogP contribution in [0.25, 0.3) is 22.3 Å². The van der Waals surface area contributed by atoms with Gasteiger partial charge in [-0.2, -0.15) is 0 Å². The van der Waals surface area contributed by atoms with Gasteiger partial charge in [0.05, 0.1) is 11.0 Å². The third-order valence-corrected chi connectivity index (χ3v) is 2.47. The summed E-state index contributed by atoms with van der Waals surface area (Å²) < 4.78 is 0. The Morgan fingerprint density at radius 1 is 0.933 bits per heavy atom. The SMILES string of the molecule is c1ccc(-c2cc3ncccc3[nH]2)cc1. The van der Waals surface area contributed by atoms with E-state index >= 15 is 0 Å². The van der Waals surface area contributed by atoms with Crippen molar-refractivity contribution < 1.29 is 0 Å². The van der Waals surface area contributed by atoms with Crippen LogP contribution >= 0.6 is 0 Å². The van der Waals surface area contributed by atoms with Crippen LogP contribution in [-0.4, -0.2) is 9.97 Å². The minimum absolute atomic E-state index is 1.01. The Morgan fingerprint density at radius 3 is 2.60 bits per heavy atom. The number of nitrogens with one attached hydrogen (secondary N) is 1. The van der Waals surface area contributed by atoms with Crippen molar-refractivity contribution in [2.75, 3.05) is 0 Å². The first kappa shape index (κ1) is 8.24. The zero-order valence-electron chi connectivity index (χ0n) is 8.14. The van der Waals surface area contributed by atoms with Gasteiger partial charge in [0.1, 0.15) is 0 Å². The molecule has 3 rings (SSSR count). The summed E-state index contributed by atoms with van der Waals surface area (Å²) >= 11 is 0. The van der Waals surface area contributed by atoms with Crippen LogP contribution in [0.1, 0.15) is 0 Å². The fraction of sp³-hybridized carbons (Fsp3) is 0. The van der Waals surface area contributed by atoms with E-state index in [1.807, 2.05) is 36.5 Å². The Morgan fingerprint density at radius 2 is 1.80 bits per heavy atom. The van der Waals surface area contributed by atoms with Crippen molar-refractivity contribution in [3.8, 4) is 11.3 Å². The Hall–Kier alpha value is -2.09. The van der Waals surface area contributed by atoms with Gasteiger partial charge in [-0.3, -0.25) is 4.98 Å². The molecule has 72 valence electrons. The molecule has 1 N–H and O–H groups in total. The molecule has 0 saturated heterocycles. The van der Waals surface area contributed by atoms with Crippen LogP contribution in [0.3, 0.4) is 0 Å². The molecule has 0 atom stereocenters. The molecule has 0 fully saturated rings. The van der Waals surface area contributed by atoms with Gasteiger partial charge in [-0.25, -0.2) is 0 Å². The monoisotopic (exact) mass is 194 g/mol. The first-order valence-electron chi connectivity index (χ1n) is 4.93. The van der Waals surface area contributed by atoms with Gasteiger partial charge in [-0.15, -0.1) is 0 Å². The van der Waals surface area contributed by atoms with Crippen molar-refractivity contribution >= 4 is 11.0 Å². The molecule has 0 bridgehead atoms. The Labute approximate surface area is 87.6 Å². The topological polar surface area (TPSA) is 28.7 Å². The number of nitrogens with zero attached hydrogens (tertiary/aromatic N) is 1. The molecule has 2 nitrogen and oxygen atoms in total. The molecule has 2 heteroatoms. The second kappa shape index (κ2) is 3.24. The lowest BCUT2D eigenvalue weighted by atomic mass is 10.2. The van der Waals surface area contributed by atoms with Crippen LogP contribution < -0.4 is 0 Å². The average Bonchev–Trinajstić information content (AvgIpc) is 2.74. The van der Waals surface area contributed by atoms with E-state index in [0.29, 0.717) is 0 Å². The number of pyridine rings is 1. The van der Waals surface area contributed by atoms with Crippen molar-refractivity contribution in [1.29, 1.82) is 0 Å². The molecule has 15 heavy (non-hydrogen) atoms. The second-order valence-corrected chi connectivity index (χ2v) is 3.49. The van der Waals surface area contributed by atoms with Gasteiger partial charge in [0.2, 0.25) is 0 Å². The normalized spacial score (nSPS) is 10.7. The maximum atomic E-state index is 4.30. The van der Waals surface area contributed by atoms with Gasteiger partial charge in [0.25, 0.3) is 0 Å². The molecule has 0 saturated carbocycles. The van der Waals surface area contributed by atoms with Crippen molar-refractivity contribution in [3.05, 3.63) is 54.7 Å². The van der Waals surface area contributed by atoms with Crippen LogP contribution in [0.2, 0.25) is 0 Å². The molecule has 0 aliphatic carbocycles. The first-order chi connectivity index (χ1) is 7.43. The molecular weight excluding hydrogens is 184 g/mol. The van der Waals surface area contributed by atoms with Crippen LogP contribution in [-0.2, 0) is 0 Å². The van der Waals surface area contributed by atoms with Gasteiger partial charge >= 0.3 is 0 Å². The Kier molecular flexibility index (Phi) is 1.78. The maximum Gasteiger partial charge on any atom is 0.0885 e. The standard InChI is InChI=1S/C13H10N2/c1-2-5-10(6-3-1)12-9-13-11(15-12)7-4-8-14-13/h1-9,15H. The second-order valence-electron chi connectivity index (χ2n) is 3.49. The smallest absolute Gasteiger partial charge is 0.0885 e. The summed E-state index contributed by atoms with van der Waals surface area (Å²) in [6.45, 7) is 0. The van der Waals surface area contributed by atoms with Gasteiger partial charge in [-0.1, -0.05) is 30.3 Å². The summed E-state index contributed by atoms with van der Waals surface area (Å²) in [5, 5.41) is 0. The van der Waals surface area contributed by atoms with Crippen molar-refractivity contribution in [2.45, 2.75) is 0 Å². The van der Waals surface area contributed by atoms with Crippen molar-refractivity contribution in [1.82, 2.24) is 9.97 Å². The quantitative estimate of drug-likeness (QED) is 0.633. The molecule has 0 spiro atoms. The highest BCUT2D eigenvalue weighted by molar-refractivity contribution is 5.82. The zero-order chi connectivity index (χ0) is 10.1. The maximum absolute atomic E-state index is 4.30. The number of rotatable bonds is 1. The fourth-order valence-corrected chi connectivity index (χ4v) is 1.73. The van der Waals surface area contributed by atoms with Gasteiger partial charge in [0.15, 0.2) is 0 Å². The lowest BCUT2D eigenvalue weighted by Crippen LogP contribution is -1.74. The molecule has 3 aromatic rings. The molecule has 0 amide bonds. The largest absolute Gasteiger partial charge is 0.353 e. The van der Waals surface area contributed by atoms with Crippen LogP contribution in [0, 0.1) is 0 Å². The Balaban J connectivity index is 2.21. The molecule has 0 aliphatic rings. The Bertz CT molecular complexity index is 549. The van der Waals surface area contributed by atoms with E-state index in [4.69, 9.17) is 0 Å². The van der Waals surface area contributed by atoms with Crippen LogP contribution in [0.5, 0.6) is 0 Å². The summed E-state index contributed by atoms with van der Waals surface area (Å²) in [7, 11) is 0. The van der Waals surface area contributed by atoms with Gasteiger partial charge in [0, 0.05) is 11.9 Å². The number of fused-ring (bicyclic) bond motifs is 1. The highest BCUT2D eigenvalue weighted by Gasteiger charge is 2.01. The minimum atomic E-state index is 1.01. The summed E-state index contributed by atoms with van der Waals surface area (Å²) in [4.78, 5) is 7.65. The number of aromatic nitrogens is 2. The van der Waals surface area contributed by atoms with Crippen molar-refractivity contribution in [2.24, 2.45) is 0 Å². The van der Waals surface area contributed by atoms with Crippen LogP contribution in [0.15, 0.2) is 54.7 Å². The third kappa shape index (κ3) is 1.40. The zero-order valence-corrected chi connectivity index (χ0v) is 8.14. The summed E-state index contributed by atoms with van der Waals surface area (Å²) in [6.07, 6.45) is 1.81. The van der Waals surface area contributed by atoms with E-state index in [0.717, 1.165) is 16.7 Å². The van der Waals surface area contributed by atoms with E-state index < -0.39 is 0 Å². The van der Waals surface area contributed by atoms with E-state index in [-0.39, 0.29) is 0 Å².